The lowest BCUT2D eigenvalue weighted by molar-refractivity contribution is -0.274. The molecule has 0 aliphatic carbocycles. The molecule has 0 atom stereocenters. The van der Waals surface area contributed by atoms with E-state index in [0.29, 0.717) is 47.3 Å². The number of morpholine rings is 1. The fraction of sp³-hybridized carbons (Fsp3) is 0.391. The molecule has 0 unspecified atom stereocenters. The third-order valence-electron chi connectivity index (χ3n) is 5.56. The molecule has 1 aromatic heterocycles. The molecule has 0 spiro atoms. The predicted octanol–water partition coefficient (Wildman–Crippen LogP) is 5.60. The molecule has 0 radical (unpaired) electrons. The highest BCUT2D eigenvalue weighted by Gasteiger charge is 2.31. The average Bonchev–Trinajstić information content (AvgIpc) is 3.19. The van der Waals surface area contributed by atoms with Gasteiger partial charge in [0, 0.05) is 37.9 Å². The Morgan fingerprint density at radius 2 is 1.91 bits per heavy atom. The van der Waals surface area contributed by atoms with E-state index in [1.54, 1.807) is 0 Å². The highest BCUT2D eigenvalue weighted by Crippen LogP contribution is 2.33. The van der Waals surface area contributed by atoms with Crippen molar-refractivity contribution >= 4 is 50.8 Å². The van der Waals surface area contributed by atoms with E-state index >= 15 is 0 Å². The van der Waals surface area contributed by atoms with Crippen LogP contribution in [0.4, 0.5) is 28.8 Å². The second-order valence-corrected chi connectivity index (χ2v) is 9.02. The number of amides is 2. The Hall–Kier alpha value is -2.60. The number of aryl methyl sites for hydroxylation is 2. The minimum absolute atomic E-state index is 0. The lowest BCUT2D eigenvalue weighted by Crippen LogP contribution is -2.44. The third-order valence-corrected chi connectivity index (χ3v) is 6.60. The number of benzene rings is 2. The maximum atomic E-state index is 13.3. The van der Waals surface area contributed by atoms with Crippen LogP contribution >= 0.6 is 23.7 Å². The van der Waals surface area contributed by atoms with Crippen molar-refractivity contribution in [1.82, 2.24) is 9.88 Å². The van der Waals surface area contributed by atoms with E-state index in [-0.39, 0.29) is 24.2 Å². The van der Waals surface area contributed by atoms with Crippen molar-refractivity contribution in [2.45, 2.75) is 20.2 Å². The molecule has 12 heteroatoms. The lowest BCUT2D eigenvalue weighted by Gasteiger charge is -2.29. The summed E-state index contributed by atoms with van der Waals surface area (Å²) in [5.74, 6) is -0.324. The number of ether oxygens (including phenoxy) is 2. The van der Waals surface area contributed by atoms with Gasteiger partial charge in [0.2, 0.25) is 0 Å². The fourth-order valence-electron chi connectivity index (χ4n) is 3.57. The molecule has 3 aromatic rings. The minimum Gasteiger partial charge on any atom is -0.406 e. The number of aromatic nitrogens is 1. The van der Waals surface area contributed by atoms with E-state index < -0.39 is 6.36 Å². The number of rotatable bonds is 6. The van der Waals surface area contributed by atoms with Crippen molar-refractivity contribution in [3.8, 4) is 5.75 Å². The van der Waals surface area contributed by atoms with Gasteiger partial charge in [-0.05, 0) is 49.2 Å². The van der Waals surface area contributed by atoms with Crippen LogP contribution in [0.3, 0.4) is 0 Å². The normalized spacial score (nSPS) is 14.4. The van der Waals surface area contributed by atoms with E-state index in [1.165, 1.54) is 23.1 Å². The summed E-state index contributed by atoms with van der Waals surface area (Å²) in [6.45, 7) is 7.75. The second-order valence-electron chi connectivity index (χ2n) is 8.01. The summed E-state index contributed by atoms with van der Waals surface area (Å²) in [5.41, 5.74) is 3.32. The van der Waals surface area contributed by atoms with Crippen molar-refractivity contribution in [3.63, 3.8) is 0 Å². The number of carbonyl (C=O) groups excluding carboxylic acids is 1. The van der Waals surface area contributed by atoms with Crippen LogP contribution < -0.4 is 15.0 Å². The summed E-state index contributed by atoms with van der Waals surface area (Å²) in [6, 6.07) is 9.26. The Labute approximate surface area is 211 Å². The summed E-state index contributed by atoms with van der Waals surface area (Å²) in [7, 11) is 0. The van der Waals surface area contributed by atoms with E-state index in [0.717, 1.165) is 35.6 Å². The lowest BCUT2D eigenvalue weighted by atomic mass is 10.1. The summed E-state index contributed by atoms with van der Waals surface area (Å²) in [5, 5.41) is 3.32. The molecule has 4 rings (SSSR count). The van der Waals surface area contributed by atoms with E-state index in [1.807, 2.05) is 32.0 Å². The molecule has 7 nitrogen and oxygen atoms in total. The third kappa shape index (κ3) is 7.20. The number of anilines is 2. The Morgan fingerprint density at radius 3 is 2.60 bits per heavy atom. The molecular formula is C23H26ClF3N4O3S. The monoisotopic (exact) mass is 530 g/mol. The van der Waals surface area contributed by atoms with Gasteiger partial charge < -0.3 is 14.8 Å². The zero-order chi connectivity index (χ0) is 24.3. The van der Waals surface area contributed by atoms with Crippen LogP contribution in [0.5, 0.6) is 5.75 Å². The van der Waals surface area contributed by atoms with Gasteiger partial charge in [-0.1, -0.05) is 17.4 Å². The van der Waals surface area contributed by atoms with Gasteiger partial charge in [0.15, 0.2) is 5.13 Å². The maximum Gasteiger partial charge on any atom is 0.573 e. The Bertz CT molecular complexity index is 1170. The van der Waals surface area contributed by atoms with Gasteiger partial charge in [-0.25, -0.2) is 9.78 Å². The number of halogens is 4. The van der Waals surface area contributed by atoms with Gasteiger partial charge in [0.05, 0.1) is 23.4 Å². The highest BCUT2D eigenvalue weighted by atomic mass is 35.5. The number of fused-ring (bicyclic) bond motifs is 1. The van der Waals surface area contributed by atoms with Crippen LogP contribution in [0, 0.1) is 13.8 Å². The molecule has 1 fully saturated rings. The van der Waals surface area contributed by atoms with Gasteiger partial charge in [-0.15, -0.1) is 25.6 Å². The van der Waals surface area contributed by atoms with Crippen LogP contribution in [0.15, 0.2) is 36.4 Å². The number of carbonyl (C=O) groups is 1. The Kier molecular flexibility index (Phi) is 8.81. The molecule has 2 aromatic carbocycles. The van der Waals surface area contributed by atoms with Crippen molar-refractivity contribution in [2.75, 3.05) is 49.6 Å². The number of hydrogen-bond acceptors (Lipinski definition) is 6. The van der Waals surface area contributed by atoms with Crippen molar-refractivity contribution < 1.29 is 27.4 Å². The van der Waals surface area contributed by atoms with E-state index in [4.69, 9.17) is 4.74 Å². The maximum absolute atomic E-state index is 13.3. The van der Waals surface area contributed by atoms with Crippen molar-refractivity contribution in [1.29, 1.82) is 0 Å². The highest BCUT2D eigenvalue weighted by molar-refractivity contribution is 7.22. The van der Waals surface area contributed by atoms with E-state index in [2.05, 4.69) is 19.9 Å². The predicted molar refractivity (Wildman–Crippen MR) is 133 cm³/mol. The van der Waals surface area contributed by atoms with E-state index in [9.17, 15) is 18.0 Å². The van der Waals surface area contributed by atoms with Gasteiger partial charge in [0.25, 0.3) is 0 Å². The fourth-order valence-corrected chi connectivity index (χ4v) is 4.58. The topological polar surface area (TPSA) is 66.9 Å². The summed E-state index contributed by atoms with van der Waals surface area (Å²) in [4.78, 5) is 21.5. The molecule has 1 aliphatic heterocycles. The summed E-state index contributed by atoms with van der Waals surface area (Å²) < 4.78 is 47.7. The molecule has 0 bridgehead atoms. The number of nitrogens with one attached hydrogen (secondary N) is 1. The first-order valence-corrected chi connectivity index (χ1v) is 11.6. The zero-order valence-corrected chi connectivity index (χ0v) is 20.9. The number of alkyl halides is 3. The molecule has 2 heterocycles. The summed E-state index contributed by atoms with van der Waals surface area (Å²) >= 11 is 1.14. The second kappa shape index (κ2) is 11.4. The van der Waals surface area contributed by atoms with Crippen LogP contribution in [0.1, 0.15) is 11.1 Å². The van der Waals surface area contributed by atoms with Gasteiger partial charge in [-0.2, -0.15) is 0 Å². The number of hydrogen-bond donors (Lipinski definition) is 1. The van der Waals surface area contributed by atoms with Crippen LogP contribution in [-0.4, -0.2) is 61.7 Å². The SMILES string of the molecule is Cc1ccc(NC(=O)N(CCN2CCOCC2)c2nc3ccc(OC(F)(F)F)cc3s2)cc1C.Cl. The Morgan fingerprint density at radius 1 is 1.17 bits per heavy atom. The van der Waals surface area contributed by atoms with Gasteiger partial charge >= 0.3 is 12.4 Å². The van der Waals surface area contributed by atoms with Crippen molar-refractivity contribution in [3.05, 3.63) is 47.5 Å². The molecule has 2 amide bonds. The van der Waals surface area contributed by atoms with Gasteiger partial charge in [-0.3, -0.25) is 9.80 Å². The van der Waals surface area contributed by atoms with Crippen molar-refractivity contribution in [2.24, 2.45) is 0 Å². The van der Waals surface area contributed by atoms with Crippen LogP contribution in [0.2, 0.25) is 0 Å². The molecule has 1 saturated heterocycles. The minimum atomic E-state index is -4.78. The number of urea groups is 1. The standard InChI is InChI=1S/C23H25F3N4O3S.ClH/c1-15-3-4-17(13-16(15)2)27-21(31)30(8-7-29-9-11-32-12-10-29)22-28-19-6-5-18(14-20(19)34-22)33-23(24,25)26;/h3-6,13-14H,7-12H2,1-2H3,(H,27,31);1H. The molecule has 35 heavy (non-hydrogen) atoms. The smallest absolute Gasteiger partial charge is 0.406 e. The Balaban J connectivity index is 0.00000342. The number of thiazole rings is 1. The molecule has 1 N–H and O–H groups in total. The first kappa shape index (κ1) is 27.0. The molecule has 190 valence electrons. The average molecular weight is 531 g/mol. The van der Waals surface area contributed by atoms with Gasteiger partial charge in [0.1, 0.15) is 5.75 Å². The quantitative estimate of drug-likeness (QED) is 0.449. The largest absolute Gasteiger partial charge is 0.573 e. The zero-order valence-electron chi connectivity index (χ0n) is 19.2. The molecular weight excluding hydrogens is 505 g/mol. The number of nitrogens with zero attached hydrogens (tertiary/aromatic N) is 3. The molecule has 1 aliphatic rings. The van der Waals surface area contributed by atoms with Crippen LogP contribution in [-0.2, 0) is 4.74 Å². The first-order chi connectivity index (χ1) is 16.2. The van der Waals surface area contributed by atoms with Crippen LogP contribution in [0.25, 0.3) is 10.2 Å². The summed E-state index contributed by atoms with van der Waals surface area (Å²) in [6.07, 6.45) is -4.78. The first-order valence-electron chi connectivity index (χ1n) is 10.8. The molecule has 0 saturated carbocycles.